The van der Waals surface area contributed by atoms with Gasteiger partial charge in [0.05, 0.1) is 0 Å². The average Bonchev–Trinajstić information content (AvgIpc) is 3.13. The van der Waals surface area contributed by atoms with E-state index >= 15 is 0 Å². The number of amides is 1. The maximum Gasteiger partial charge on any atom is 0.262 e. The van der Waals surface area contributed by atoms with Gasteiger partial charge in [0.1, 0.15) is 19.0 Å². The molecule has 1 N–H and O–H groups in total. The van der Waals surface area contributed by atoms with Crippen LogP contribution in [0.15, 0.2) is 46.9 Å². The summed E-state index contributed by atoms with van der Waals surface area (Å²) in [6.45, 7) is 2.63. The third-order valence-corrected chi connectivity index (χ3v) is 3.82. The Morgan fingerprint density at radius 1 is 1.07 bits per heavy atom. The Kier molecular flexibility index (Phi) is 4.61. The Hall–Kier alpha value is -3.55. The molecule has 0 spiro atoms. The predicted molar refractivity (Wildman–Crippen MR) is 96.0 cm³/mol. The summed E-state index contributed by atoms with van der Waals surface area (Å²) in [5.41, 5.74) is 1.40. The highest BCUT2D eigenvalue weighted by molar-refractivity contribution is 5.92. The van der Waals surface area contributed by atoms with Crippen LogP contribution in [-0.2, 0) is 4.79 Å². The van der Waals surface area contributed by atoms with Crippen molar-refractivity contribution in [3.8, 4) is 28.7 Å². The quantitative estimate of drug-likeness (QED) is 0.741. The molecule has 27 heavy (non-hydrogen) atoms. The fourth-order valence-corrected chi connectivity index (χ4v) is 2.57. The molecular weight excluding hydrogens is 350 g/mol. The topological polar surface area (TPSA) is 95.7 Å². The minimum atomic E-state index is -0.275. The van der Waals surface area contributed by atoms with Crippen molar-refractivity contribution in [1.82, 2.24) is 10.2 Å². The Balaban J connectivity index is 1.32. The lowest BCUT2D eigenvalue weighted by Gasteiger charge is -2.19. The number of carbonyl (C=O) groups is 1. The first-order chi connectivity index (χ1) is 13.2. The van der Waals surface area contributed by atoms with E-state index in [0.29, 0.717) is 47.9 Å². The lowest BCUT2D eigenvalue weighted by atomic mass is 10.2. The van der Waals surface area contributed by atoms with Gasteiger partial charge in [0.25, 0.3) is 5.91 Å². The van der Waals surface area contributed by atoms with Gasteiger partial charge in [-0.2, -0.15) is 0 Å². The van der Waals surface area contributed by atoms with Gasteiger partial charge in [0, 0.05) is 24.2 Å². The lowest BCUT2D eigenvalue weighted by Crippen LogP contribution is -2.20. The van der Waals surface area contributed by atoms with Crippen LogP contribution in [0.5, 0.6) is 17.2 Å². The predicted octanol–water partition coefficient (Wildman–Crippen LogP) is 2.83. The fraction of sp³-hybridized carbons (Fsp3) is 0.211. The van der Waals surface area contributed by atoms with Crippen molar-refractivity contribution in [2.75, 3.05) is 25.1 Å². The number of benzene rings is 2. The van der Waals surface area contributed by atoms with Gasteiger partial charge in [0.2, 0.25) is 11.8 Å². The molecule has 0 saturated heterocycles. The first-order valence-corrected chi connectivity index (χ1v) is 8.40. The van der Waals surface area contributed by atoms with Crippen molar-refractivity contribution in [3.63, 3.8) is 0 Å². The summed E-state index contributed by atoms with van der Waals surface area (Å²) in [6, 6.07) is 12.3. The zero-order valence-corrected chi connectivity index (χ0v) is 14.6. The molecule has 0 saturated carbocycles. The molecule has 8 nitrogen and oxygen atoms in total. The number of fused-ring (bicyclic) bond motifs is 1. The van der Waals surface area contributed by atoms with E-state index in [2.05, 4.69) is 15.5 Å². The van der Waals surface area contributed by atoms with Crippen LogP contribution in [-0.4, -0.2) is 35.9 Å². The molecule has 2 aromatic carbocycles. The Morgan fingerprint density at radius 3 is 2.59 bits per heavy atom. The Morgan fingerprint density at radius 2 is 1.85 bits per heavy atom. The summed E-state index contributed by atoms with van der Waals surface area (Å²) in [5.74, 6) is 2.52. The number of nitrogens with one attached hydrogen (secondary N) is 1. The Bertz CT molecular complexity index is 952. The molecule has 4 rings (SSSR count). The van der Waals surface area contributed by atoms with Crippen LogP contribution in [0.25, 0.3) is 11.5 Å². The largest absolute Gasteiger partial charge is 0.486 e. The molecule has 0 unspecified atom stereocenters. The number of carbonyl (C=O) groups excluding carboxylic acids is 1. The lowest BCUT2D eigenvalue weighted by molar-refractivity contribution is -0.118. The molecule has 8 heteroatoms. The van der Waals surface area contributed by atoms with Gasteiger partial charge in [-0.05, 0) is 36.4 Å². The SMILES string of the molecule is Cc1nnc(-c2ccc(OCC(=O)Nc3ccc4c(c3)OCCO4)cc2)o1. The van der Waals surface area contributed by atoms with Gasteiger partial charge < -0.3 is 23.9 Å². The molecule has 1 aliphatic heterocycles. The van der Waals surface area contributed by atoms with E-state index in [1.807, 2.05) is 0 Å². The zero-order valence-electron chi connectivity index (χ0n) is 14.6. The number of hydrogen-bond acceptors (Lipinski definition) is 7. The van der Waals surface area contributed by atoms with Crippen molar-refractivity contribution in [2.45, 2.75) is 6.92 Å². The number of aromatic nitrogens is 2. The number of ether oxygens (including phenoxy) is 3. The van der Waals surface area contributed by atoms with E-state index in [1.54, 1.807) is 49.4 Å². The minimum Gasteiger partial charge on any atom is -0.486 e. The van der Waals surface area contributed by atoms with Crippen LogP contribution < -0.4 is 19.5 Å². The Labute approximate surface area is 155 Å². The second kappa shape index (κ2) is 7.36. The molecule has 1 amide bonds. The summed E-state index contributed by atoms with van der Waals surface area (Å²) in [7, 11) is 0. The van der Waals surface area contributed by atoms with Crippen LogP contribution in [0.4, 0.5) is 5.69 Å². The van der Waals surface area contributed by atoms with E-state index in [9.17, 15) is 4.79 Å². The molecule has 0 radical (unpaired) electrons. The summed E-state index contributed by atoms with van der Waals surface area (Å²) in [6.07, 6.45) is 0. The number of aryl methyl sites for hydroxylation is 1. The van der Waals surface area contributed by atoms with Crippen LogP contribution in [0.3, 0.4) is 0 Å². The molecule has 0 atom stereocenters. The van der Waals surface area contributed by atoms with Crippen LogP contribution in [0.1, 0.15) is 5.89 Å². The second-order valence-electron chi connectivity index (χ2n) is 5.85. The van der Waals surface area contributed by atoms with Crippen molar-refractivity contribution >= 4 is 11.6 Å². The van der Waals surface area contributed by atoms with E-state index in [-0.39, 0.29) is 12.5 Å². The fourth-order valence-electron chi connectivity index (χ4n) is 2.57. The van der Waals surface area contributed by atoms with Gasteiger partial charge in [-0.3, -0.25) is 4.79 Å². The van der Waals surface area contributed by atoms with Gasteiger partial charge in [-0.25, -0.2) is 0 Å². The van der Waals surface area contributed by atoms with Gasteiger partial charge in [-0.15, -0.1) is 10.2 Å². The van der Waals surface area contributed by atoms with Gasteiger partial charge >= 0.3 is 0 Å². The number of rotatable bonds is 5. The van der Waals surface area contributed by atoms with E-state index in [1.165, 1.54) is 0 Å². The molecule has 1 aliphatic rings. The molecular formula is C19H17N3O5. The second-order valence-corrected chi connectivity index (χ2v) is 5.85. The molecule has 2 heterocycles. The van der Waals surface area contributed by atoms with Gasteiger partial charge in [-0.1, -0.05) is 0 Å². The first kappa shape index (κ1) is 16.9. The van der Waals surface area contributed by atoms with Crippen LogP contribution in [0.2, 0.25) is 0 Å². The highest BCUT2D eigenvalue weighted by Gasteiger charge is 2.13. The number of nitrogens with zero attached hydrogens (tertiary/aromatic N) is 2. The molecule has 1 aromatic heterocycles. The van der Waals surface area contributed by atoms with E-state index < -0.39 is 0 Å². The molecule has 3 aromatic rings. The van der Waals surface area contributed by atoms with Crippen molar-refractivity contribution < 1.29 is 23.4 Å². The van der Waals surface area contributed by atoms with Gasteiger partial charge in [0.15, 0.2) is 18.1 Å². The van der Waals surface area contributed by atoms with Crippen LogP contribution >= 0.6 is 0 Å². The maximum atomic E-state index is 12.1. The van der Waals surface area contributed by atoms with E-state index in [4.69, 9.17) is 18.6 Å². The third kappa shape index (κ3) is 4.00. The van der Waals surface area contributed by atoms with Crippen molar-refractivity contribution in [1.29, 1.82) is 0 Å². The van der Waals surface area contributed by atoms with Crippen molar-refractivity contribution in [2.24, 2.45) is 0 Å². The third-order valence-electron chi connectivity index (χ3n) is 3.82. The number of anilines is 1. The normalized spacial score (nSPS) is 12.5. The summed E-state index contributed by atoms with van der Waals surface area (Å²) in [5, 5.41) is 10.5. The molecule has 0 bridgehead atoms. The molecule has 0 aliphatic carbocycles. The summed E-state index contributed by atoms with van der Waals surface area (Å²) in [4.78, 5) is 12.1. The summed E-state index contributed by atoms with van der Waals surface area (Å²) < 4.78 is 21.8. The monoisotopic (exact) mass is 367 g/mol. The van der Waals surface area contributed by atoms with Crippen molar-refractivity contribution in [3.05, 3.63) is 48.4 Å². The standard InChI is InChI=1S/C19H17N3O5/c1-12-21-22-19(27-12)13-2-5-15(6-3-13)26-11-18(23)20-14-4-7-16-17(10-14)25-9-8-24-16/h2-7,10H,8-9,11H2,1H3,(H,20,23). The molecule has 138 valence electrons. The minimum absolute atomic E-state index is 0.118. The van der Waals surface area contributed by atoms with Crippen LogP contribution in [0, 0.1) is 6.92 Å². The smallest absolute Gasteiger partial charge is 0.262 e. The average molecular weight is 367 g/mol. The highest BCUT2D eigenvalue weighted by Crippen LogP contribution is 2.32. The first-order valence-electron chi connectivity index (χ1n) is 8.40. The number of hydrogen-bond donors (Lipinski definition) is 1. The maximum absolute atomic E-state index is 12.1. The molecule has 0 fully saturated rings. The van der Waals surface area contributed by atoms with E-state index in [0.717, 1.165) is 5.56 Å². The summed E-state index contributed by atoms with van der Waals surface area (Å²) >= 11 is 0. The highest BCUT2D eigenvalue weighted by atomic mass is 16.6. The zero-order chi connectivity index (χ0) is 18.6.